The highest BCUT2D eigenvalue weighted by Gasteiger charge is 2.14. The highest BCUT2D eigenvalue weighted by atomic mass is 15.6. The lowest BCUT2D eigenvalue weighted by atomic mass is 10.3. The second-order valence-corrected chi connectivity index (χ2v) is 3.56. The van der Waals surface area contributed by atoms with Gasteiger partial charge in [-0.2, -0.15) is 0 Å². The molecule has 1 aliphatic rings. The van der Waals surface area contributed by atoms with Gasteiger partial charge < -0.3 is 4.90 Å². The Morgan fingerprint density at radius 2 is 1.80 bits per heavy atom. The summed E-state index contributed by atoms with van der Waals surface area (Å²) in [5, 5.41) is 9.95. The third-order valence-corrected chi connectivity index (χ3v) is 2.33. The molecule has 4 heteroatoms. The molecule has 0 atom stereocenters. The Morgan fingerprint density at radius 3 is 2.27 bits per heavy atom. The van der Waals surface area contributed by atoms with E-state index in [-0.39, 0.29) is 0 Å². The minimum absolute atomic E-state index is 0.595. The van der Waals surface area contributed by atoms with Crippen LogP contribution in [0.25, 0.3) is 0 Å². The number of hydrogen-bond donors (Lipinski definition) is 0. The number of rotatable bonds is 4. The summed E-state index contributed by atoms with van der Waals surface area (Å²) in [6, 6.07) is 0. The lowest BCUT2D eigenvalue weighted by Crippen LogP contribution is -2.42. The molecule has 4 nitrogen and oxygen atoms in total. The highest BCUT2D eigenvalue weighted by Crippen LogP contribution is 2.08. The first-order valence-corrected chi connectivity index (χ1v) is 5.02. The van der Waals surface area contributed by atoms with Crippen molar-refractivity contribution < 1.29 is 0 Å². The minimum atomic E-state index is 0.595. The summed E-state index contributed by atoms with van der Waals surface area (Å²) >= 11 is 0. The first-order chi connectivity index (χ1) is 7.13. The van der Waals surface area contributed by atoms with Crippen LogP contribution in [0, 0.1) is 0 Å². The van der Waals surface area contributed by atoms with Crippen molar-refractivity contribution in [2.24, 2.45) is 10.3 Å². The molecule has 0 amide bonds. The van der Waals surface area contributed by atoms with E-state index in [1.165, 1.54) is 0 Å². The van der Waals surface area contributed by atoms with E-state index in [4.69, 9.17) is 0 Å². The predicted molar refractivity (Wildman–Crippen MR) is 62.2 cm³/mol. The predicted octanol–water partition coefficient (Wildman–Crippen LogP) is 2.20. The van der Waals surface area contributed by atoms with E-state index >= 15 is 0 Å². The number of piperazine rings is 1. The van der Waals surface area contributed by atoms with Gasteiger partial charge in [-0.3, -0.25) is 5.01 Å². The van der Waals surface area contributed by atoms with Crippen molar-refractivity contribution in [2.45, 2.75) is 6.92 Å². The zero-order valence-electron chi connectivity index (χ0n) is 9.32. The Kier molecular flexibility index (Phi) is 4.09. The van der Waals surface area contributed by atoms with Crippen LogP contribution in [0.1, 0.15) is 6.92 Å². The van der Waals surface area contributed by atoms with Crippen LogP contribution >= 0.6 is 0 Å². The summed E-state index contributed by atoms with van der Waals surface area (Å²) in [6.45, 7) is 16.8. The van der Waals surface area contributed by atoms with Crippen LogP contribution in [0.2, 0.25) is 0 Å². The van der Waals surface area contributed by atoms with Crippen LogP contribution in [0.15, 0.2) is 47.5 Å². The third kappa shape index (κ3) is 3.58. The zero-order valence-corrected chi connectivity index (χ0v) is 9.32. The van der Waals surface area contributed by atoms with Crippen LogP contribution in [0.3, 0.4) is 0 Å². The molecule has 0 aromatic heterocycles. The van der Waals surface area contributed by atoms with Gasteiger partial charge in [-0.25, -0.2) is 0 Å². The maximum atomic E-state index is 4.08. The quantitative estimate of drug-likeness (QED) is 0.521. The maximum absolute atomic E-state index is 4.08. The fourth-order valence-corrected chi connectivity index (χ4v) is 1.33. The van der Waals surface area contributed by atoms with E-state index in [1.54, 1.807) is 6.08 Å². The van der Waals surface area contributed by atoms with Crippen molar-refractivity contribution in [3.63, 3.8) is 0 Å². The van der Waals surface area contributed by atoms with E-state index in [9.17, 15) is 0 Å². The van der Waals surface area contributed by atoms with Crippen molar-refractivity contribution in [1.29, 1.82) is 0 Å². The highest BCUT2D eigenvalue weighted by molar-refractivity contribution is 5.07. The molecule has 1 saturated heterocycles. The van der Waals surface area contributed by atoms with Crippen LogP contribution in [-0.4, -0.2) is 36.1 Å². The Bertz CT molecular complexity index is 285. The van der Waals surface area contributed by atoms with Crippen molar-refractivity contribution >= 4 is 0 Å². The first kappa shape index (κ1) is 11.5. The molecule has 0 aliphatic carbocycles. The van der Waals surface area contributed by atoms with Crippen LogP contribution in [0.5, 0.6) is 0 Å². The van der Waals surface area contributed by atoms with Gasteiger partial charge in [-0.1, -0.05) is 25.0 Å². The van der Waals surface area contributed by atoms with E-state index < -0.39 is 0 Å². The average molecular weight is 206 g/mol. The van der Waals surface area contributed by atoms with Gasteiger partial charge in [0.2, 0.25) is 0 Å². The molecule has 1 heterocycles. The standard InChI is InChI=1S/C11H18N4/c1-5-11(4)12-13-15-8-6-14(7-9-15)10(2)3/h5H,1-2,4,6-9H2,3H3. The van der Waals surface area contributed by atoms with E-state index in [0.29, 0.717) is 5.70 Å². The maximum Gasteiger partial charge on any atom is 0.0796 e. The molecule has 0 unspecified atom stereocenters. The lowest BCUT2D eigenvalue weighted by molar-refractivity contribution is 0.155. The van der Waals surface area contributed by atoms with Gasteiger partial charge in [-0.15, -0.1) is 5.11 Å². The smallest absolute Gasteiger partial charge is 0.0796 e. The molecule has 1 fully saturated rings. The van der Waals surface area contributed by atoms with Crippen molar-refractivity contribution in [3.8, 4) is 0 Å². The van der Waals surface area contributed by atoms with Gasteiger partial charge in [0.05, 0.1) is 18.8 Å². The summed E-state index contributed by atoms with van der Waals surface area (Å²) in [5.74, 6) is 0. The molecular weight excluding hydrogens is 188 g/mol. The van der Waals surface area contributed by atoms with E-state index in [1.807, 2.05) is 11.9 Å². The van der Waals surface area contributed by atoms with Gasteiger partial charge in [0.15, 0.2) is 0 Å². The van der Waals surface area contributed by atoms with Gasteiger partial charge in [0, 0.05) is 18.8 Å². The molecule has 0 N–H and O–H groups in total. The minimum Gasteiger partial charge on any atom is -0.372 e. The summed E-state index contributed by atoms with van der Waals surface area (Å²) in [4.78, 5) is 2.24. The van der Waals surface area contributed by atoms with Crippen LogP contribution in [0.4, 0.5) is 0 Å². The summed E-state index contributed by atoms with van der Waals surface area (Å²) in [7, 11) is 0. The fraction of sp³-hybridized carbons (Fsp3) is 0.455. The lowest BCUT2D eigenvalue weighted by Gasteiger charge is -2.33. The zero-order chi connectivity index (χ0) is 11.3. The molecule has 0 aromatic rings. The SMILES string of the molecule is C=CC(=C)N=NN1CCN(C(=C)C)CC1. The molecule has 15 heavy (non-hydrogen) atoms. The molecule has 0 radical (unpaired) electrons. The number of nitrogens with zero attached hydrogens (tertiary/aromatic N) is 4. The normalized spacial score (nSPS) is 16.9. The molecular formula is C11H18N4. The van der Waals surface area contributed by atoms with Gasteiger partial charge >= 0.3 is 0 Å². The van der Waals surface area contributed by atoms with Crippen molar-refractivity contribution in [1.82, 2.24) is 9.91 Å². The second-order valence-electron chi connectivity index (χ2n) is 3.56. The molecule has 0 bridgehead atoms. The Balaban J connectivity index is 2.37. The largest absolute Gasteiger partial charge is 0.372 e. The summed E-state index contributed by atoms with van der Waals surface area (Å²) in [6.07, 6.45) is 1.59. The van der Waals surface area contributed by atoms with Gasteiger partial charge in [0.25, 0.3) is 0 Å². The Morgan fingerprint density at radius 1 is 1.20 bits per heavy atom. The topological polar surface area (TPSA) is 31.2 Å². The van der Waals surface area contributed by atoms with Crippen molar-refractivity contribution in [2.75, 3.05) is 26.2 Å². The van der Waals surface area contributed by atoms with Crippen molar-refractivity contribution in [3.05, 3.63) is 37.2 Å². The monoisotopic (exact) mass is 206 g/mol. The van der Waals surface area contributed by atoms with E-state index in [2.05, 4.69) is 35.0 Å². The molecule has 0 spiro atoms. The van der Waals surface area contributed by atoms with Gasteiger partial charge in [-0.05, 0) is 13.0 Å². The summed E-state index contributed by atoms with van der Waals surface area (Å²) in [5.41, 5.74) is 1.71. The fourth-order valence-electron chi connectivity index (χ4n) is 1.33. The number of allylic oxidation sites excluding steroid dienone is 2. The van der Waals surface area contributed by atoms with Gasteiger partial charge in [0.1, 0.15) is 0 Å². The second kappa shape index (κ2) is 5.34. The average Bonchev–Trinajstić information content (AvgIpc) is 2.26. The first-order valence-electron chi connectivity index (χ1n) is 5.02. The Hall–Kier alpha value is -1.58. The molecule has 1 aliphatic heterocycles. The van der Waals surface area contributed by atoms with Crippen LogP contribution < -0.4 is 0 Å². The third-order valence-electron chi connectivity index (χ3n) is 2.33. The molecule has 0 aromatic carbocycles. The van der Waals surface area contributed by atoms with E-state index in [0.717, 1.165) is 31.9 Å². The number of hydrogen-bond acceptors (Lipinski definition) is 3. The Labute approximate surface area is 91.3 Å². The molecule has 0 saturated carbocycles. The molecule has 82 valence electrons. The summed E-state index contributed by atoms with van der Waals surface area (Å²) < 4.78 is 0. The molecule has 1 rings (SSSR count). The van der Waals surface area contributed by atoms with Crippen LogP contribution in [-0.2, 0) is 0 Å².